The van der Waals surface area contributed by atoms with Crippen LogP contribution in [0.2, 0.25) is 0 Å². The maximum absolute atomic E-state index is 4.39. The Morgan fingerprint density at radius 2 is 2.20 bits per heavy atom. The second-order valence-electron chi connectivity index (χ2n) is 2.13. The van der Waals surface area contributed by atoms with Crippen LogP contribution >= 0.6 is 0 Å². The quantitative estimate of drug-likeness (QED) is 0.506. The van der Waals surface area contributed by atoms with Gasteiger partial charge in [0.1, 0.15) is 0 Å². The van der Waals surface area contributed by atoms with Crippen molar-refractivity contribution in [3.05, 3.63) is 34.8 Å². The summed E-state index contributed by atoms with van der Waals surface area (Å²) in [6.07, 6.45) is 0. The van der Waals surface area contributed by atoms with E-state index in [-0.39, 0.29) is 0 Å². The van der Waals surface area contributed by atoms with Gasteiger partial charge in [-0.05, 0) is 0 Å². The number of hydrogen-bond donors (Lipinski definition) is 0. The number of fused-ring (bicyclic) bond motifs is 1. The molecule has 1 heterocycles. The summed E-state index contributed by atoms with van der Waals surface area (Å²) in [6, 6.07) is 8.29. The zero-order valence-corrected chi connectivity index (χ0v) is 7.16. The molecule has 50 valence electrons. The van der Waals surface area contributed by atoms with Crippen LogP contribution in [0, 0.1) is 0 Å². The summed E-state index contributed by atoms with van der Waals surface area (Å²) < 4.78 is 0. The van der Waals surface area contributed by atoms with Crippen LogP contribution in [0.15, 0.2) is 29.3 Å². The molecule has 0 unspecified atom stereocenters. The summed E-state index contributed by atoms with van der Waals surface area (Å²) in [5.74, 6) is 0. The van der Waals surface area contributed by atoms with E-state index in [0.717, 1.165) is 10.8 Å². The molecule has 0 spiro atoms. The van der Waals surface area contributed by atoms with Crippen LogP contribution in [0.1, 0.15) is 0 Å². The Hall–Kier alpha value is -0.591. The summed E-state index contributed by atoms with van der Waals surface area (Å²) in [7, 11) is 0. The first-order valence-electron chi connectivity index (χ1n) is 3.18. The van der Waals surface area contributed by atoms with Gasteiger partial charge in [0.15, 0.2) is 0 Å². The van der Waals surface area contributed by atoms with E-state index in [9.17, 15) is 0 Å². The zero-order chi connectivity index (χ0) is 6.81. The molecule has 0 radical (unpaired) electrons. The molecule has 10 heavy (non-hydrogen) atoms. The van der Waals surface area contributed by atoms with Crippen molar-refractivity contribution < 1.29 is 0 Å². The summed E-state index contributed by atoms with van der Waals surface area (Å²) in [6.45, 7) is 0. The first-order chi connectivity index (χ1) is 4.97. The molecule has 0 bridgehead atoms. The number of rotatable bonds is 0. The average Bonchev–Trinajstić information content (AvgIpc) is 2.05. The van der Waals surface area contributed by atoms with Gasteiger partial charge in [-0.3, -0.25) is 0 Å². The molecule has 1 aliphatic rings. The van der Waals surface area contributed by atoms with E-state index in [1.54, 1.807) is 0 Å². The summed E-state index contributed by atoms with van der Waals surface area (Å²) >= 11 is 0.606. The molecule has 0 saturated carbocycles. The van der Waals surface area contributed by atoms with Gasteiger partial charge in [-0.2, -0.15) is 0 Å². The van der Waals surface area contributed by atoms with Crippen LogP contribution in [0.3, 0.4) is 0 Å². The van der Waals surface area contributed by atoms with Gasteiger partial charge in [0.2, 0.25) is 0 Å². The predicted octanol–water partition coefficient (Wildman–Crippen LogP) is -0.281. The molecule has 1 aliphatic heterocycles. The summed E-state index contributed by atoms with van der Waals surface area (Å²) in [4.78, 5) is 6.69. The van der Waals surface area contributed by atoms with E-state index < -0.39 is 0 Å². The Labute approximate surface area is 65.6 Å². The van der Waals surface area contributed by atoms with Gasteiger partial charge >= 0.3 is 65.2 Å². The molecule has 0 atom stereocenters. The topological polar surface area (TPSA) is 12.4 Å². The first-order valence-corrected chi connectivity index (χ1v) is 5.38. The van der Waals surface area contributed by atoms with Gasteiger partial charge in [-0.1, -0.05) is 0 Å². The SMILES string of the molecule is C1=c2ccccc2=NC[Se]1. The molecule has 1 aromatic carbocycles. The van der Waals surface area contributed by atoms with Gasteiger partial charge in [-0.25, -0.2) is 0 Å². The fraction of sp³-hybridized carbons (Fsp3) is 0.125. The van der Waals surface area contributed by atoms with Crippen molar-refractivity contribution in [2.24, 2.45) is 4.99 Å². The van der Waals surface area contributed by atoms with Crippen molar-refractivity contribution in [1.29, 1.82) is 0 Å². The van der Waals surface area contributed by atoms with Crippen LogP contribution in [0.5, 0.6) is 0 Å². The van der Waals surface area contributed by atoms with E-state index in [4.69, 9.17) is 0 Å². The molecular formula is C8H7NSe. The van der Waals surface area contributed by atoms with Gasteiger partial charge in [0.25, 0.3) is 0 Å². The van der Waals surface area contributed by atoms with Crippen molar-refractivity contribution in [3.63, 3.8) is 0 Å². The van der Waals surface area contributed by atoms with E-state index in [2.05, 4.69) is 28.2 Å². The number of benzene rings is 1. The molecule has 1 nitrogen and oxygen atoms in total. The van der Waals surface area contributed by atoms with Crippen molar-refractivity contribution >= 4 is 19.9 Å². The van der Waals surface area contributed by atoms with Crippen LogP contribution in [-0.2, 0) is 0 Å². The third-order valence-corrected chi connectivity index (χ3v) is 2.92. The normalized spacial score (nSPS) is 14.8. The van der Waals surface area contributed by atoms with E-state index in [1.165, 1.54) is 5.22 Å². The molecule has 0 N–H and O–H groups in total. The van der Waals surface area contributed by atoms with Crippen LogP contribution in [0.4, 0.5) is 0 Å². The molecule has 0 amide bonds. The summed E-state index contributed by atoms with van der Waals surface area (Å²) in [5.41, 5.74) is 1.02. The second kappa shape index (κ2) is 2.57. The molecule has 0 fully saturated rings. The van der Waals surface area contributed by atoms with Crippen molar-refractivity contribution in [1.82, 2.24) is 0 Å². The number of para-hydroxylation sites is 1. The van der Waals surface area contributed by atoms with Crippen molar-refractivity contribution in [3.8, 4) is 0 Å². The predicted molar refractivity (Wildman–Crippen MR) is 42.3 cm³/mol. The Balaban J connectivity index is 2.84. The monoisotopic (exact) mass is 197 g/mol. The third kappa shape index (κ3) is 1.00. The fourth-order valence-corrected chi connectivity index (χ4v) is 2.36. The van der Waals surface area contributed by atoms with Gasteiger partial charge in [-0.15, -0.1) is 0 Å². The minimum absolute atomic E-state index is 0.606. The van der Waals surface area contributed by atoms with Gasteiger partial charge < -0.3 is 0 Å². The Bertz CT molecular complexity index is 308. The molecular weight excluding hydrogens is 189 g/mol. The minimum atomic E-state index is 0.606. The second-order valence-corrected chi connectivity index (χ2v) is 3.87. The molecule has 1 aromatic rings. The molecule has 2 heteroatoms. The fourth-order valence-electron chi connectivity index (χ4n) is 0.965. The maximum atomic E-state index is 4.39. The summed E-state index contributed by atoms with van der Waals surface area (Å²) in [5, 5.41) is 2.48. The molecule has 0 aliphatic carbocycles. The number of hydrogen-bond acceptors (Lipinski definition) is 1. The van der Waals surface area contributed by atoms with Gasteiger partial charge in [0.05, 0.1) is 0 Å². The standard InChI is InChI=1S/C8H7NSe/c1-2-4-8-7(3-1)5-10-6-9-8/h1-5H,6H2. The Morgan fingerprint density at radius 1 is 1.30 bits per heavy atom. The van der Waals surface area contributed by atoms with Crippen LogP contribution in [0.25, 0.3) is 4.97 Å². The average molecular weight is 196 g/mol. The van der Waals surface area contributed by atoms with E-state index in [0.29, 0.717) is 15.0 Å². The number of nitrogens with zero attached hydrogens (tertiary/aromatic N) is 1. The third-order valence-electron chi connectivity index (χ3n) is 1.46. The Morgan fingerprint density at radius 3 is 3.10 bits per heavy atom. The van der Waals surface area contributed by atoms with Gasteiger partial charge in [0, 0.05) is 0 Å². The van der Waals surface area contributed by atoms with E-state index in [1.807, 2.05) is 6.07 Å². The van der Waals surface area contributed by atoms with E-state index >= 15 is 0 Å². The first kappa shape index (κ1) is 6.14. The molecule has 0 aromatic heterocycles. The van der Waals surface area contributed by atoms with Crippen LogP contribution in [-0.4, -0.2) is 20.4 Å². The molecule has 0 saturated heterocycles. The van der Waals surface area contributed by atoms with Crippen LogP contribution < -0.4 is 10.6 Å². The van der Waals surface area contributed by atoms with Crippen molar-refractivity contribution in [2.75, 3.05) is 5.44 Å². The molecule has 2 rings (SSSR count). The Kier molecular flexibility index (Phi) is 1.58. The zero-order valence-electron chi connectivity index (χ0n) is 5.45. The van der Waals surface area contributed by atoms with Crippen molar-refractivity contribution in [2.45, 2.75) is 0 Å².